The number of nitrogens with zero attached hydrogens (tertiary/aromatic N) is 4. The first kappa shape index (κ1) is 17.0. The number of anilines is 1. The van der Waals surface area contributed by atoms with Gasteiger partial charge < -0.3 is 14.1 Å². The zero-order valence-corrected chi connectivity index (χ0v) is 14.4. The van der Waals surface area contributed by atoms with Crippen LogP contribution in [0.5, 0.6) is 5.88 Å². The lowest BCUT2D eigenvalue weighted by molar-refractivity contribution is 0.0459. The summed E-state index contributed by atoms with van der Waals surface area (Å²) in [4.78, 5) is 17.8. The van der Waals surface area contributed by atoms with E-state index in [-0.39, 0.29) is 24.0 Å². The molecule has 1 aliphatic heterocycles. The van der Waals surface area contributed by atoms with E-state index < -0.39 is 0 Å². The minimum atomic E-state index is -0.332. The van der Waals surface area contributed by atoms with Crippen LogP contribution >= 0.6 is 0 Å². The molecule has 1 aromatic carbocycles. The van der Waals surface area contributed by atoms with Crippen molar-refractivity contribution in [3.63, 3.8) is 0 Å². The van der Waals surface area contributed by atoms with Gasteiger partial charge in [0.25, 0.3) is 0 Å². The summed E-state index contributed by atoms with van der Waals surface area (Å²) in [6, 6.07) is 9.68. The van der Waals surface area contributed by atoms with E-state index in [0.717, 1.165) is 0 Å². The Kier molecular flexibility index (Phi) is 4.41. The predicted octanol–water partition coefficient (Wildman–Crippen LogP) is 2.87. The van der Waals surface area contributed by atoms with Gasteiger partial charge in [-0.2, -0.15) is 0 Å². The largest absolute Gasteiger partial charge is 0.471 e. The van der Waals surface area contributed by atoms with Crippen LogP contribution in [0.2, 0.25) is 0 Å². The van der Waals surface area contributed by atoms with Crippen LogP contribution in [0.15, 0.2) is 47.0 Å². The van der Waals surface area contributed by atoms with Gasteiger partial charge in [0, 0.05) is 30.3 Å². The lowest BCUT2D eigenvalue weighted by atomic mass is 10.1. The first-order chi connectivity index (χ1) is 13.1. The van der Waals surface area contributed by atoms with Crippen LogP contribution in [-0.2, 0) is 0 Å². The minimum absolute atomic E-state index is 0.0623. The topological polar surface area (TPSA) is 93.4 Å². The van der Waals surface area contributed by atoms with Gasteiger partial charge in [-0.05, 0) is 12.1 Å². The summed E-state index contributed by atoms with van der Waals surface area (Å²) in [6.45, 7) is 2.46. The molecule has 0 atom stereocenters. The predicted molar refractivity (Wildman–Crippen MR) is 93.7 cm³/mol. The van der Waals surface area contributed by atoms with Crippen molar-refractivity contribution in [2.24, 2.45) is 0 Å². The third-order valence-corrected chi connectivity index (χ3v) is 4.08. The molecule has 27 heavy (non-hydrogen) atoms. The van der Waals surface area contributed by atoms with E-state index >= 15 is 0 Å². The molecule has 0 spiro atoms. The van der Waals surface area contributed by atoms with Gasteiger partial charge in [-0.3, -0.25) is 5.32 Å². The third kappa shape index (κ3) is 3.71. The smallest absolute Gasteiger partial charge is 0.325 e. The monoisotopic (exact) mass is 369 g/mol. The molecule has 0 radical (unpaired) electrons. The van der Waals surface area contributed by atoms with E-state index in [0.29, 0.717) is 36.0 Å². The van der Waals surface area contributed by atoms with Crippen molar-refractivity contribution in [3.8, 4) is 17.0 Å². The highest BCUT2D eigenvalue weighted by molar-refractivity contribution is 5.87. The van der Waals surface area contributed by atoms with Gasteiger partial charge >= 0.3 is 12.0 Å². The number of hydrogen-bond donors (Lipinski definition) is 1. The molecule has 0 bridgehead atoms. The van der Waals surface area contributed by atoms with Crippen LogP contribution < -0.4 is 10.1 Å². The summed E-state index contributed by atoms with van der Waals surface area (Å²) in [6.07, 6.45) is 1.40. The van der Waals surface area contributed by atoms with E-state index in [2.05, 4.69) is 20.5 Å². The molecule has 1 aliphatic rings. The van der Waals surface area contributed by atoms with Crippen LogP contribution in [0.25, 0.3) is 11.1 Å². The van der Waals surface area contributed by atoms with E-state index in [1.165, 1.54) is 6.07 Å². The molecule has 138 valence electrons. The quantitative estimate of drug-likeness (QED) is 0.760. The number of amides is 2. The van der Waals surface area contributed by atoms with Crippen molar-refractivity contribution >= 4 is 12.0 Å². The first-order valence-corrected chi connectivity index (χ1v) is 8.32. The fraction of sp³-hybridized carbons (Fsp3) is 0.222. The van der Waals surface area contributed by atoms with Crippen molar-refractivity contribution < 1.29 is 18.3 Å². The SMILES string of the molecule is Cc1nnc(NC(=O)N2CC(Oc3ccc(-c4ccccc4F)cn3)C2)o1. The van der Waals surface area contributed by atoms with Crippen LogP contribution in [0, 0.1) is 12.7 Å². The Labute approximate surface area is 154 Å². The van der Waals surface area contributed by atoms with Crippen molar-refractivity contribution in [2.45, 2.75) is 13.0 Å². The van der Waals surface area contributed by atoms with E-state index in [4.69, 9.17) is 9.15 Å². The molecule has 1 fully saturated rings. The second kappa shape index (κ2) is 7.02. The number of hydrogen-bond acceptors (Lipinski definition) is 6. The maximum atomic E-state index is 13.8. The lowest BCUT2D eigenvalue weighted by Crippen LogP contribution is -2.57. The molecule has 2 amide bonds. The number of aromatic nitrogens is 3. The standard InChI is InChI=1S/C18H16FN5O3/c1-11-22-23-17(26-11)21-18(25)24-9-13(10-24)27-16-7-6-12(8-20-16)14-4-2-3-5-15(14)19/h2-8,13H,9-10H2,1H3,(H,21,23,25). The number of likely N-dealkylation sites (tertiary alicyclic amines) is 1. The fourth-order valence-corrected chi connectivity index (χ4v) is 2.67. The number of nitrogens with one attached hydrogen (secondary N) is 1. The molecule has 3 heterocycles. The highest BCUT2D eigenvalue weighted by Crippen LogP contribution is 2.24. The molecule has 8 nitrogen and oxygen atoms in total. The highest BCUT2D eigenvalue weighted by Gasteiger charge is 2.33. The average Bonchev–Trinajstić information content (AvgIpc) is 3.03. The molecule has 0 aliphatic carbocycles. The van der Waals surface area contributed by atoms with Crippen LogP contribution in [0.4, 0.5) is 15.2 Å². The number of ether oxygens (including phenoxy) is 1. The molecular weight excluding hydrogens is 353 g/mol. The number of rotatable bonds is 4. The van der Waals surface area contributed by atoms with Gasteiger partial charge in [0.05, 0.1) is 13.1 Å². The van der Waals surface area contributed by atoms with Crippen LogP contribution in [0.3, 0.4) is 0 Å². The Morgan fingerprint density at radius 1 is 1.26 bits per heavy atom. The van der Waals surface area contributed by atoms with E-state index in [1.54, 1.807) is 48.4 Å². The summed E-state index contributed by atoms with van der Waals surface area (Å²) in [5.41, 5.74) is 1.16. The van der Waals surface area contributed by atoms with Crippen LogP contribution in [0.1, 0.15) is 5.89 Å². The number of aryl methyl sites for hydroxylation is 1. The normalized spacial score (nSPS) is 13.9. The molecule has 0 unspecified atom stereocenters. The zero-order chi connectivity index (χ0) is 18.8. The summed E-state index contributed by atoms with van der Waals surface area (Å²) >= 11 is 0. The number of halogens is 1. The number of carbonyl (C=O) groups excluding carboxylic acids is 1. The summed E-state index contributed by atoms with van der Waals surface area (Å²) in [5, 5.41) is 9.87. The molecule has 1 saturated heterocycles. The van der Waals surface area contributed by atoms with Gasteiger partial charge in [-0.15, -0.1) is 5.10 Å². The average molecular weight is 369 g/mol. The second-order valence-corrected chi connectivity index (χ2v) is 6.07. The molecule has 0 saturated carbocycles. The molecule has 4 rings (SSSR count). The Hall–Kier alpha value is -3.49. The van der Waals surface area contributed by atoms with E-state index in [9.17, 15) is 9.18 Å². The Balaban J connectivity index is 1.30. The Morgan fingerprint density at radius 2 is 2.07 bits per heavy atom. The summed E-state index contributed by atoms with van der Waals surface area (Å²) < 4.78 is 24.6. The maximum absolute atomic E-state index is 13.8. The van der Waals surface area contributed by atoms with Gasteiger partial charge in [0.15, 0.2) is 0 Å². The van der Waals surface area contributed by atoms with Crippen LogP contribution in [-0.4, -0.2) is 45.3 Å². The Morgan fingerprint density at radius 3 is 2.74 bits per heavy atom. The second-order valence-electron chi connectivity index (χ2n) is 6.07. The zero-order valence-electron chi connectivity index (χ0n) is 14.4. The van der Waals surface area contributed by atoms with Crippen molar-refractivity contribution in [2.75, 3.05) is 18.4 Å². The number of pyridine rings is 1. The van der Waals surface area contributed by atoms with Gasteiger partial charge in [-0.1, -0.05) is 23.3 Å². The van der Waals surface area contributed by atoms with Crippen molar-refractivity contribution in [1.82, 2.24) is 20.1 Å². The number of benzene rings is 1. The molecule has 3 aromatic rings. The summed E-state index contributed by atoms with van der Waals surface area (Å²) in [7, 11) is 0. The van der Waals surface area contributed by atoms with Gasteiger partial charge in [0.1, 0.15) is 11.9 Å². The highest BCUT2D eigenvalue weighted by atomic mass is 19.1. The maximum Gasteiger partial charge on any atom is 0.325 e. The molecule has 9 heteroatoms. The van der Waals surface area contributed by atoms with Gasteiger partial charge in [-0.25, -0.2) is 14.2 Å². The fourth-order valence-electron chi connectivity index (χ4n) is 2.67. The number of urea groups is 1. The Bertz CT molecular complexity index is 954. The molecular formula is C18H16FN5O3. The van der Waals surface area contributed by atoms with E-state index in [1.807, 2.05) is 0 Å². The van der Waals surface area contributed by atoms with Gasteiger partial charge in [0.2, 0.25) is 11.8 Å². The first-order valence-electron chi connectivity index (χ1n) is 8.32. The minimum Gasteiger partial charge on any atom is -0.471 e. The molecule has 1 N–H and O–H groups in total. The number of carbonyl (C=O) groups is 1. The van der Waals surface area contributed by atoms with Crippen molar-refractivity contribution in [1.29, 1.82) is 0 Å². The lowest BCUT2D eigenvalue weighted by Gasteiger charge is -2.38. The molecule has 2 aromatic heterocycles. The van der Waals surface area contributed by atoms with Crippen molar-refractivity contribution in [3.05, 3.63) is 54.3 Å². The summed E-state index contributed by atoms with van der Waals surface area (Å²) in [5.74, 6) is 0.498. The third-order valence-electron chi connectivity index (χ3n) is 4.08.